The number of carbonyl (C=O) groups excluding carboxylic acids is 1. The lowest BCUT2D eigenvalue weighted by atomic mass is 10.1. The Kier molecular flexibility index (Phi) is 9.97. The lowest BCUT2D eigenvalue weighted by Gasteiger charge is -2.16. The van der Waals surface area contributed by atoms with Crippen LogP contribution < -0.4 is 10.6 Å². The van der Waals surface area contributed by atoms with Crippen molar-refractivity contribution in [3.8, 4) is 0 Å². The van der Waals surface area contributed by atoms with Gasteiger partial charge < -0.3 is 15.5 Å². The summed E-state index contributed by atoms with van der Waals surface area (Å²) in [6.45, 7) is 3.10. The molecule has 1 heterocycles. The van der Waals surface area contributed by atoms with Crippen molar-refractivity contribution in [1.29, 1.82) is 0 Å². The number of hydrogen-bond donors (Lipinski definition) is 2. The third-order valence-electron chi connectivity index (χ3n) is 5.05. The molecule has 2 aromatic carbocycles. The molecule has 0 fully saturated rings. The third kappa shape index (κ3) is 7.34. The van der Waals surface area contributed by atoms with E-state index in [1.54, 1.807) is 7.05 Å². The molecule has 0 aliphatic carbocycles. The molecule has 6 heteroatoms. The molecule has 1 aliphatic heterocycles. The van der Waals surface area contributed by atoms with Gasteiger partial charge in [-0.3, -0.25) is 9.79 Å². The minimum Gasteiger partial charge on any atom is -0.356 e. The zero-order valence-electron chi connectivity index (χ0n) is 17.1. The van der Waals surface area contributed by atoms with Crippen molar-refractivity contribution in [3.05, 3.63) is 71.3 Å². The second-order valence-electron chi connectivity index (χ2n) is 7.14. The Balaban J connectivity index is 0.00000300. The van der Waals surface area contributed by atoms with Crippen LogP contribution in [0.15, 0.2) is 59.6 Å². The number of aryl methyl sites for hydroxylation is 1. The van der Waals surface area contributed by atoms with E-state index in [2.05, 4.69) is 52.0 Å². The number of guanidine groups is 1. The predicted octanol–water partition coefficient (Wildman–Crippen LogP) is 3.72. The summed E-state index contributed by atoms with van der Waals surface area (Å²) in [4.78, 5) is 18.6. The molecular weight excluding hydrogens is 475 g/mol. The van der Waals surface area contributed by atoms with Gasteiger partial charge in [0, 0.05) is 39.6 Å². The van der Waals surface area contributed by atoms with Gasteiger partial charge in [-0.05, 0) is 36.0 Å². The summed E-state index contributed by atoms with van der Waals surface area (Å²) in [6.07, 6.45) is 3.47. The summed E-state index contributed by atoms with van der Waals surface area (Å²) in [5.41, 5.74) is 3.90. The van der Waals surface area contributed by atoms with Gasteiger partial charge in [0.25, 0.3) is 0 Å². The lowest BCUT2D eigenvalue weighted by molar-refractivity contribution is -0.131. The van der Waals surface area contributed by atoms with E-state index in [0.29, 0.717) is 6.42 Å². The van der Waals surface area contributed by atoms with Crippen molar-refractivity contribution in [3.63, 3.8) is 0 Å². The third-order valence-corrected chi connectivity index (χ3v) is 5.05. The van der Waals surface area contributed by atoms with E-state index in [0.717, 1.165) is 51.4 Å². The molecule has 5 nitrogen and oxygen atoms in total. The Bertz CT molecular complexity index is 769. The van der Waals surface area contributed by atoms with E-state index in [4.69, 9.17) is 0 Å². The van der Waals surface area contributed by atoms with Gasteiger partial charge in [-0.15, -0.1) is 24.0 Å². The smallest absolute Gasteiger partial charge is 0.223 e. The van der Waals surface area contributed by atoms with E-state index < -0.39 is 0 Å². The summed E-state index contributed by atoms with van der Waals surface area (Å²) in [5, 5.41) is 6.64. The SMILES string of the molecule is CN=C(NCCCC(=O)N1Cc2ccccc2C1)NCCCc1ccccc1.I. The fourth-order valence-corrected chi connectivity index (χ4v) is 3.48. The van der Waals surface area contributed by atoms with Crippen molar-refractivity contribution < 1.29 is 4.79 Å². The van der Waals surface area contributed by atoms with Crippen molar-refractivity contribution in [2.45, 2.75) is 38.8 Å². The van der Waals surface area contributed by atoms with E-state index >= 15 is 0 Å². The molecule has 0 unspecified atom stereocenters. The predicted molar refractivity (Wildman–Crippen MR) is 129 cm³/mol. The summed E-state index contributed by atoms with van der Waals surface area (Å²) in [5.74, 6) is 1.03. The van der Waals surface area contributed by atoms with Gasteiger partial charge in [-0.1, -0.05) is 54.6 Å². The first-order chi connectivity index (χ1) is 13.8. The second kappa shape index (κ2) is 12.5. The average molecular weight is 506 g/mol. The van der Waals surface area contributed by atoms with E-state index in [-0.39, 0.29) is 29.9 Å². The number of aliphatic imine (C=N–C) groups is 1. The van der Waals surface area contributed by atoms with Gasteiger partial charge in [0.05, 0.1) is 0 Å². The number of nitrogens with one attached hydrogen (secondary N) is 2. The van der Waals surface area contributed by atoms with E-state index in [1.807, 2.05) is 23.1 Å². The summed E-state index contributed by atoms with van der Waals surface area (Å²) in [7, 11) is 1.78. The number of fused-ring (bicyclic) bond motifs is 1. The highest BCUT2D eigenvalue weighted by Gasteiger charge is 2.22. The Morgan fingerprint density at radius 3 is 2.14 bits per heavy atom. The minimum atomic E-state index is 0. The van der Waals surface area contributed by atoms with Crippen LogP contribution in [0.5, 0.6) is 0 Å². The summed E-state index contributed by atoms with van der Waals surface area (Å²) >= 11 is 0. The first kappa shape index (κ1) is 23.2. The quantitative estimate of drug-likeness (QED) is 0.249. The molecule has 0 radical (unpaired) electrons. The average Bonchev–Trinajstić information content (AvgIpc) is 3.17. The Labute approximate surface area is 191 Å². The molecule has 0 aromatic heterocycles. The summed E-state index contributed by atoms with van der Waals surface area (Å²) < 4.78 is 0. The molecule has 0 atom stereocenters. The number of halogens is 1. The molecule has 0 saturated heterocycles. The molecule has 0 bridgehead atoms. The van der Waals surface area contributed by atoms with Crippen LogP contribution in [-0.4, -0.2) is 36.9 Å². The number of hydrogen-bond acceptors (Lipinski definition) is 2. The van der Waals surface area contributed by atoms with Crippen LogP contribution in [0, 0.1) is 0 Å². The monoisotopic (exact) mass is 506 g/mol. The molecule has 156 valence electrons. The van der Waals surface area contributed by atoms with Crippen LogP contribution in [0.4, 0.5) is 0 Å². The number of rotatable bonds is 8. The molecule has 29 heavy (non-hydrogen) atoms. The highest BCUT2D eigenvalue weighted by atomic mass is 127. The number of nitrogens with zero attached hydrogens (tertiary/aromatic N) is 2. The molecule has 0 saturated carbocycles. The maximum absolute atomic E-state index is 12.4. The van der Waals surface area contributed by atoms with Crippen LogP contribution >= 0.6 is 24.0 Å². The maximum atomic E-state index is 12.4. The standard InChI is InChI=1S/C23H30N4O.HI/c1-24-23(25-15-7-11-19-9-3-2-4-10-19)26-16-8-14-22(28)27-17-20-12-5-6-13-21(20)18-27;/h2-6,9-10,12-13H,7-8,11,14-18H2,1H3,(H2,24,25,26);1H. The van der Waals surface area contributed by atoms with Gasteiger partial charge in [0.1, 0.15) is 0 Å². The fraction of sp³-hybridized carbons (Fsp3) is 0.391. The second-order valence-corrected chi connectivity index (χ2v) is 7.14. The van der Waals surface area contributed by atoms with Gasteiger partial charge in [-0.25, -0.2) is 0 Å². The Morgan fingerprint density at radius 1 is 0.931 bits per heavy atom. The van der Waals surface area contributed by atoms with E-state index in [1.165, 1.54) is 16.7 Å². The number of benzene rings is 2. The van der Waals surface area contributed by atoms with Crippen molar-refractivity contribution in [2.24, 2.45) is 4.99 Å². The largest absolute Gasteiger partial charge is 0.356 e. The summed E-state index contributed by atoms with van der Waals surface area (Å²) in [6, 6.07) is 18.8. The normalized spacial score (nSPS) is 12.9. The molecule has 1 aliphatic rings. The van der Waals surface area contributed by atoms with Gasteiger partial charge in [0.2, 0.25) is 5.91 Å². The highest BCUT2D eigenvalue weighted by molar-refractivity contribution is 14.0. The minimum absolute atomic E-state index is 0. The highest BCUT2D eigenvalue weighted by Crippen LogP contribution is 2.22. The molecule has 2 aromatic rings. The molecule has 2 N–H and O–H groups in total. The molecule has 0 spiro atoms. The first-order valence-corrected chi connectivity index (χ1v) is 10.1. The van der Waals surface area contributed by atoms with Crippen LogP contribution in [-0.2, 0) is 24.3 Å². The van der Waals surface area contributed by atoms with Crippen LogP contribution in [0.2, 0.25) is 0 Å². The van der Waals surface area contributed by atoms with Gasteiger partial charge >= 0.3 is 0 Å². The zero-order valence-corrected chi connectivity index (χ0v) is 19.4. The van der Waals surface area contributed by atoms with Crippen LogP contribution in [0.3, 0.4) is 0 Å². The lowest BCUT2D eigenvalue weighted by Crippen LogP contribution is -2.38. The number of carbonyl (C=O) groups is 1. The number of amides is 1. The first-order valence-electron chi connectivity index (χ1n) is 10.1. The Hall–Kier alpha value is -2.09. The fourth-order valence-electron chi connectivity index (χ4n) is 3.48. The Morgan fingerprint density at radius 2 is 1.52 bits per heavy atom. The van der Waals surface area contributed by atoms with E-state index in [9.17, 15) is 4.79 Å². The topological polar surface area (TPSA) is 56.7 Å². The molecule has 3 rings (SSSR count). The van der Waals surface area contributed by atoms with Crippen LogP contribution in [0.1, 0.15) is 36.0 Å². The van der Waals surface area contributed by atoms with Crippen molar-refractivity contribution >= 4 is 35.8 Å². The van der Waals surface area contributed by atoms with Crippen molar-refractivity contribution in [2.75, 3.05) is 20.1 Å². The van der Waals surface area contributed by atoms with Gasteiger partial charge in [0.15, 0.2) is 5.96 Å². The molecule has 1 amide bonds. The van der Waals surface area contributed by atoms with Crippen molar-refractivity contribution in [1.82, 2.24) is 15.5 Å². The van der Waals surface area contributed by atoms with Crippen LogP contribution in [0.25, 0.3) is 0 Å². The maximum Gasteiger partial charge on any atom is 0.223 e. The zero-order chi connectivity index (χ0) is 19.6. The van der Waals surface area contributed by atoms with Gasteiger partial charge in [-0.2, -0.15) is 0 Å². The molecular formula is C23H31IN4O.